The average Bonchev–Trinajstić information content (AvgIpc) is 3.12. The molecule has 0 fully saturated rings. The van der Waals surface area contributed by atoms with Crippen LogP contribution in [0.2, 0.25) is 5.02 Å². The van der Waals surface area contributed by atoms with Crippen LogP contribution in [0.25, 0.3) is 11.5 Å². The first-order valence-electron chi connectivity index (χ1n) is 8.94. The van der Waals surface area contributed by atoms with E-state index in [1.165, 1.54) is 6.20 Å². The molecule has 3 aromatic heterocycles. The van der Waals surface area contributed by atoms with Crippen LogP contribution in [0.1, 0.15) is 11.3 Å². The van der Waals surface area contributed by atoms with Crippen molar-refractivity contribution in [2.75, 3.05) is 5.32 Å². The molecule has 0 aliphatic carbocycles. The molecule has 3 heterocycles. The maximum absolute atomic E-state index is 12.7. The Bertz CT molecular complexity index is 1280. The number of hydrogen-bond acceptors (Lipinski definition) is 5. The molecule has 158 valence electrons. The number of anilines is 2. The van der Waals surface area contributed by atoms with Crippen LogP contribution in [-0.2, 0) is 6.18 Å². The summed E-state index contributed by atoms with van der Waals surface area (Å²) in [6, 6.07) is 11.3. The van der Waals surface area contributed by atoms with Crippen LogP contribution in [0.4, 0.5) is 24.5 Å². The van der Waals surface area contributed by atoms with Crippen LogP contribution in [0.5, 0.6) is 0 Å². The summed E-state index contributed by atoms with van der Waals surface area (Å²) in [5.74, 6) is -0.0838. The molecule has 0 aliphatic heterocycles. The molecule has 31 heavy (non-hydrogen) atoms. The Hall–Kier alpha value is -3.66. The lowest BCUT2D eigenvalue weighted by molar-refractivity contribution is -0.137. The monoisotopic (exact) mass is 446 g/mol. The Morgan fingerprint density at radius 2 is 1.61 bits per heavy atom. The van der Waals surface area contributed by atoms with Crippen LogP contribution in [-0.4, -0.2) is 24.5 Å². The van der Waals surface area contributed by atoms with Gasteiger partial charge in [-0.1, -0.05) is 29.8 Å². The van der Waals surface area contributed by atoms with Crippen molar-refractivity contribution < 1.29 is 13.2 Å². The van der Waals surface area contributed by atoms with Gasteiger partial charge in [-0.15, -0.1) is 0 Å². The fraction of sp³-hybridized carbons (Fsp3) is 0.100. The van der Waals surface area contributed by atoms with Crippen LogP contribution in [0.3, 0.4) is 0 Å². The number of benzene rings is 1. The van der Waals surface area contributed by atoms with Gasteiger partial charge < -0.3 is 5.32 Å². The minimum absolute atomic E-state index is 0.0838. The molecule has 11 heteroatoms. The minimum Gasteiger partial charge on any atom is -0.350 e. The average molecular weight is 447 g/mol. The van der Waals surface area contributed by atoms with Crippen molar-refractivity contribution in [2.45, 2.75) is 13.1 Å². The smallest absolute Gasteiger partial charge is 0.350 e. The molecule has 0 amide bonds. The van der Waals surface area contributed by atoms with Gasteiger partial charge >= 0.3 is 6.18 Å². The number of hydrogen-bond donors (Lipinski definition) is 1. The Kier molecular flexibility index (Phi) is 5.24. The summed E-state index contributed by atoms with van der Waals surface area (Å²) in [6.07, 6.45) is -1.02. The molecule has 1 aromatic carbocycles. The highest BCUT2D eigenvalue weighted by molar-refractivity contribution is 6.33. The van der Waals surface area contributed by atoms with Gasteiger partial charge in [-0.3, -0.25) is 4.79 Å². The third-order valence-electron chi connectivity index (χ3n) is 4.49. The van der Waals surface area contributed by atoms with Gasteiger partial charge in [0.05, 0.1) is 40.7 Å². The van der Waals surface area contributed by atoms with E-state index in [0.29, 0.717) is 11.9 Å². The standard InChI is InChI=1S/C20H14ClF3N6O/c1-12-15(10-26-29(12)14-5-3-2-4-6-14)28-16-11-27-30(19(31)18(16)21)17-8-7-13(9-25-17)20(22,23)24/h2-11,28H,1H3. The van der Waals surface area contributed by atoms with Crippen LogP contribution < -0.4 is 10.9 Å². The molecule has 0 spiro atoms. The molecule has 0 bridgehead atoms. The summed E-state index contributed by atoms with van der Waals surface area (Å²) in [6.45, 7) is 1.84. The predicted molar refractivity (Wildman–Crippen MR) is 109 cm³/mol. The molecule has 0 saturated carbocycles. The van der Waals surface area contributed by atoms with E-state index in [1.807, 2.05) is 37.3 Å². The number of pyridine rings is 1. The van der Waals surface area contributed by atoms with Crippen LogP contribution >= 0.6 is 11.6 Å². The van der Waals surface area contributed by atoms with E-state index in [9.17, 15) is 18.0 Å². The normalized spacial score (nSPS) is 11.5. The van der Waals surface area contributed by atoms with Gasteiger partial charge in [0.2, 0.25) is 0 Å². The summed E-state index contributed by atoms with van der Waals surface area (Å²) < 4.78 is 40.7. The summed E-state index contributed by atoms with van der Waals surface area (Å²) in [7, 11) is 0. The zero-order valence-electron chi connectivity index (χ0n) is 15.9. The van der Waals surface area contributed by atoms with Crippen LogP contribution in [0, 0.1) is 6.92 Å². The molecule has 0 atom stereocenters. The molecule has 0 unspecified atom stereocenters. The van der Waals surface area contributed by atoms with E-state index < -0.39 is 17.3 Å². The first-order chi connectivity index (χ1) is 14.8. The van der Waals surface area contributed by atoms with E-state index in [2.05, 4.69) is 20.5 Å². The Balaban J connectivity index is 1.63. The number of alkyl halides is 3. The lowest BCUT2D eigenvalue weighted by atomic mass is 10.3. The second-order valence-electron chi connectivity index (χ2n) is 6.51. The maximum Gasteiger partial charge on any atom is 0.417 e. The van der Waals surface area contributed by atoms with Crippen molar-refractivity contribution in [1.29, 1.82) is 0 Å². The van der Waals surface area contributed by atoms with Crippen molar-refractivity contribution in [3.8, 4) is 11.5 Å². The van der Waals surface area contributed by atoms with Crippen molar-refractivity contribution in [3.05, 3.63) is 87.7 Å². The van der Waals surface area contributed by atoms with Crippen molar-refractivity contribution in [2.24, 2.45) is 0 Å². The molecular formula is C20H14ClF3N6O. The summed E-state index contributed by atoms with van der Waals surface area (Å²) in [4.78, 5) is 16.3. The lowest BCUT2D eigenvalue weighted by Crippen LogP contribution is -2.23. The molecular weight excluding hydrogens is 433 g/mol. The molecule has 0 saturated heterocycles. The van der Waals surface area contributed by atoms with Gasteiger partial charge in [0.25, 0.3) is 5.56 Å². The van der Waals surface area contributed by atoms with Gasteiger partial charge in [-0.05, 0) is 31.2 Å². The van der Waals surface area contributed by atoms with E-state index in [0.717, 1.165) is 28.2 Å². The van der Waals surface area contributed by atoms with E-state index in [4.69, 9.17) is 11.6 Å². The fourth-order valence-electron chi connectivity index (χ4n) is 2.87. The highest BCUT2D eigenvalue weighted by Crippen LogP contribution is 2.29. The van der Waals surface area contributed by atoms with E-state index in [1.54, 1.807) is 10.9 Å². The number of aromatic nitrogens is 5. The van der Waals surface area contributed by atoms with Gasteiger partial charge in [-0.2, -0.15) is 28.1 Å². The number of nitrogens with one attached hydrogen (secondary N) is 1. The number of halogens is 4. The maximum atomic E-state index is 12.7. The third kappa shape index (κ3) is 4.02. The van der Waals surface area contributed by atoms with Gasteiger partial charge in [0.1, 0.15) is 5.02 Å². The molecule has 1 N–H and O–H groups in total. The molecule has 4 rings (SSSR count). The lowest BCUT2D eigenvalue weighted by Gasteiger charge is -2.11. The predicted octanol–water partition coefficient (Wildman–Crippen LogP) is 4.54. The van der Waals surface area contributed by atoms with Crippen molar-refractivity contribution >= 4 is 23.0 Å². The number of rotatable bonds is 4. The summed E-state index contributed by atoms with van der Waals surface area (Å²) in [5.41, 5.74) is 0.812. The second kappa shape index (κ2) is 7.88. The molecule has 7 nitrogen and oxygen atoms in total. The number of nitrogens with zero attached hydrogens (tertiary/aromatic N) is 5. The summed E-state index contributed by atoms with van der Waals surface area (Å²) >= 11 is 6.21. The zero-order chi connectivity index (χ0) is 22.2. The van der Waals surface area contributed by atoms with Crippen molar-refractivity contribution in [1.82, 2.24) is 24.5 Å². The topological polar surface area (TPSA) is 77.6 Å². The van der Waals surface area contributed by atoms with Crippen LogP contribution in [0.15, 0.2) is 65.8 Å². The quantitative estimate of drug-likeness (QED) is 0.498. The first kappa shape index (κ1) is 20.6. The highest BCUT2D eigenvalue weighted by Gasteiger charge is 2.30. The minimum atomic E-state index is -4.53. The number of para-hydroxylation sites is 1. The third-order valence-corrected chi connectivity index (χ3v) is 4.86. The Morgan fingerprint density at radius 3 is 2.26 bits per heavy atom. The summed E-state index contributed by atoms with van der Waals surface area (Å²) in [5, 5.41) is 11.1. The van der Waals surface area contributed by atoms with Gasteiger partial charge in [0.15, 0.2) is 5.82 Å². The molecule has 0 radical (unpaired) electrons. The van der Waals surface area contributed by atoms with E-state index in [-0.39, 0.29) is 16.5 Å². The van der Waals surface area contributed by atoms with Gasteiger partial charge in [0, 0.05) is 6.20 Å². The zero-order valence-corrected chi connectivity index (χ0v) is 16.7. The largest absolute Gasteiger partial charge is 0.417 e. The van der Waals surface area contributed by atoms with Gasteiger partial charge in [-0.25, -0.2) is 9.67 Å². The van der Waals surface area contributed by atoms with E-state index >= 15 is 0 Å². The Morgan fingerprint density at radius 1 is 0.935 bits per heavy atom. The SMILES string of the molecule is Cc1c(Nc2cnn(-c3ccc(C(F)(F)F)cn3)c(=O)c2Cl)cnn1-c1ccccc1. The molecule has 4 aromatic rings. The first-order valence-corrected chi connectivity index (χ1v) is 9.32. The van der Waals surface area contributed by atoms with Crippen molar-refractivity contribution in [3.63, 3.8) is 0 Å². The molecule has 0 aliphatic rings. The second-order valence-corrected chi connectivity index (χ2v) is 6.89. The fourth-order valence-corrected chi connectivity index (χ4v) is 3.05. The Labute approximate surface area is 178 Å². The highest BCUT2D eigenvalue weighted by atomic mass is 35.5.